The van der Waals surface area contributed by atoms with Gasteiger partial charge in [0.05, 0.1) is 4.90 Å². The highest BCUT2D eigenvalue weighted by Crippen LogP contribution is 2.20. The van der Waals surface area contributed by atoms with Crippen molar-refractivity contribution in [3.8, 4) is 0 Å². The van der Waals surface area contributed by atoms with Crippen molar-refractivity contribution in [2.45, 2.75) is 11.4 Å². The molecule has 0 saturated heterocycles. The lowest BCUT2D eigenvalue weighted by atomic mass is 10.2. The van der Waals surface area contributed by atoms with Crippen LogP contribution in [0.15, 0.2) is 40.7 Å². The topological polar surface area (TPSA) is 71.1 Å². The SMILES string of the molecule is CNCc1ccccc1S(=O)(=O)Nc1nccs1. The minimum atomic E-state index is -3.58. The zero-order valence-corrected chi connectivity index (χ0v) is 11.4. The Morgan fingerprint density at radius 3 is 2.78 bits per heavy atom. The van der Waals surface area contributed by atoms with Crippen molar-refractivity contribution in [1.29, 1.82) is 0 Å². The molecule has 0 aliphatic rings. The zero-order valence-electron chi connectivity index (χ0n) is 9.75. The van der Waals surface area contributed by atoms with Crippen molar-refractivity contribution in [3.05, 3.63) is 41.4 Å². The van der Waals surface area contributed by atoms with Crippen LogP contribution in [0.2, 0.25) is 0 Å². The molecule has 0 aliphatic heterocycles. The highest BCUT2D eigenvalue weighted by molar-refractivity contribution is 7.93. The Hall–Kier alpha value is -1.44. The van der Waals surface area contributed by atoms with Crippen molar-refractivity contribution in [2.75, 3.05) is 11.8 Å². The summed E-state index contributed by atoms with van der Waals surface area (Å²) in [6, 6.07) is 6.89. The van der Waals surface area contributed by atoms with E-state index in [0.29, 0.717) is 11.7 Å². The molecule has 0 spiro atoms. The summed E-state index contributed by atoms with van der Waals surface area (Å²) in [7, 11) is -1.80. The van der Waals surface area contributed by atoms with Crippen molar-refractivity contribution >= 4 is 26.5 Å². The molecule has 0 bridgehead atoms. The van der Waals surface area contributed by atoms with Crippen molar-refractivity contribution in [1.82, 2.24) is 10.3 Å². The Bertz CT molecular complexity index is 609. The Balaban J connectivity index is 2.35. The second-order valence-electron chi connectivity index (χ2n) is 3.58. The van der Waals surface area contributed by atoms with Crippen LogP contribution in [0.1, 0.15) is 5.56 Å². The number of nitrogens with zero attached hydrogens (tertiary/aromatic N) is 1. The molecule has 0 fully saturated rings. The van der Waals surface area contributed by atoms with Crippen LogP contribution in [-0.4, -0.2) is 20.4 Å². The fourth-order valence-electron chi connectivity index (χ4n) is 1.55. The summed E-state index contributed by atoms with van der Waals surface area (Å²) in [6.45, 7) is 0.495. The molecule has 0 saturated carbocycles. The van der Waals surface area contributed by atoms with Crippen LogP contribution in [0, 0.1) is 0 Å². The predicted octanol–water partition coefficient (Wildman–Crippen LogP) is 1.66. The minimum absolute atomic E-state index is 0.273. The first-order valence-corrected chi connectivity index (χ1v) is 7.64. The van der Waals surface area contributed by atoms with Crippen molar-refractivity contribution in [3.63, 3.8) is 0 Å². The van der Waals surface area contributed by atoms with Gasteiger partial charge < -0.3 is 5.32 Å². The van der Waals surface area contributed by atoms with Crippen LogP contribution in [0.5, 0.6) is 0 Å². The molecule has 0 unspecified atom stereocenters. The molecule has 5 nitrogen and oxygen atoms in total. The first kappa shape index (κ1) is 13.0. The monoisotopic (exact) mass is 283 g/mol. The van der Waals surface area contributed by atoms with E-state index in [-0.39, 0.29) is 4.90 Å². The Morgan fingerprint density at radius 2 is 2.11 bits per heavy atom. The van der Waals surface area contributed by atoms with E-state index in [4.69, 9.17) is 0 Å². The Kier molecular flexibility index (Phi) is 3.95. The Labute approximate surface area is 110 Å². The van der Waals surface area contributed by atoms with Crippen LogP contribution in [0.4, 0.5) is 5.13 Å². The highest BCUT2D eigenvalue weighted by atomic mass is 32.2. The van der Waals surface area contributed by atoms with Gasteiger partial charge in [-0.1, -0.05) is 18.2 Å². The quantitative estimate of drug-likeness (QED) is 0.875. The van der Waals surface area contributed by atoms with Gasteiger partial charge in [0.2, 0.25) is 0 Å². The number of rotatable bonds is 5. The molecule has 2 rings (SSSR count). The molecule has 2 N–H and O–H groups in total. The molecule has 2 aromatic rings. The normalized spacial score (nSPS) is 11.4. The lowest BCUT2D eigenvalue weighted by molar-refractivity contribution is 0.599. The highest BCUT2D eigenvalue weighted by Gasteiger charge is 2.18. The fourth-order valence-corrected chi connectivity index (χ4v) is 3.58. The predicted molar refractivity (Wildman–Crippen MR) is 72.1 cm³/mol. The molecule has 0 atom stereocenters. The molecular formula is C11H13N3O2S2. The average molecular weight is 283 g/mol. The fraction of sp³-hybridized carbons (Fsp3) is 0.182. The molecule has 96 valence electrons. The lowest BCUT2D eigenvalue weighted by Crippen LogP contribution is -2.17. The summed E-state index contributed by atoms with van der Waals surface area (Å²) in [6.07, 6.45) is 1.56. The van der Waals surface area contributed by atoms with E-state index < -0.39 is 10.0 Å². The van der Waals surface area contributed by atoms with Crippen LogP contribution >= 0.6 is 11.3 Å². The van der Waals surface area contributed by atoms with Crippen LogP contribution < -0.4 is 10.0 Å². The minimum Gasteiger partial charge on any atom is -0.316 e. The van der Waals surface area contributed by atoms with E-state index in [1.807, 2.05) is 6.07 Å². The van der Waals surface area contributed by atoms with Crippen LogP contribution in [0.25, 0.3) is 0 Å². The third-order valence-corrected chi connectivity index (χ3v) is 4.54. The second-order valence-corrected chi connectivity index (χ2v) is 6.13. The molecule has 7 heteroatoms. The smallest absolute Gasteiger partial charge is 0.263 e. The van der Waals surface area contributed by atoms with Gasteiger partial charge >= 0.3 is 0 Å². The molecule has 1 heterocycles. The third kappa shape index (κ3) is 2.87. The zero-order chi connectivity index (χ0) is 13.0. The molecule has 1 aromatic carbocycles. The summed E-state index contributed by atoms with van der Waals surface area (Å²) >= 11 is 1.25. The van der Waals surface area contributed by atoms with E-state index in [1.54, 1.807) is 36.8 Å². The summed E-state index contributed by atoms with van der Waals surface area (Å²) in [4.78, 5) is 4.19. The van der Waals surface area contributed by atoms with Crippen molar-refractivity contribution < 1.29 is 8.42 Å². The average Bonchev–Trinajstić information content (AvgIpc) is 2.82. The standard InChI is InChI=1S/C11H13N3O2S2/c1-12-8-9-4-2-3-5-10(9)18(15,16)14-11-13-6-7-17-11/h2-7,12H,8H2,1H3,(H,13,14). The number of hydrogen-bond acceptors (Lipinski definition) is 5. The molecule has 18 heavy (non-hydrogen) atoms. The molecule has 1 aromatic heterocycles. The van der Waals surface area contributed by atoms with E-state index >= 15 is 0 Å². The van der Waals surface area contributed by atoms with Crippen LogP contribution in [-0.2, 0) is 16.6 Å². The number of benzene rings is 1. The number of nitrogens with one attached hydrogen (secondary N) is 2. The summed E-state index contributed by atoms with van der Waals surface area (Å²) in [5, 5.41) is 5.04. The van der Waals surface area contributed by atoms with Gasteiger partial charge in [0.1, 0.15) is 0 Å². The largest absolute Gasteiger partial charge is 0.316 e. The van der Waals surface area contributed by atoms with Crippen molar-refractivity contribution in [2.24, 2.45) is 0 Å². The second kappa shape index (κ2) is 5.47. The van der Waals surface area contributed by atoms with Gasteiger partial charge in [0.15, 0.2) is 5.13 Å². The first-order chi connectivity index (χ1) is 8.63. The van der Waals surface area contributed by atoms with Gasteiger partial charge in [0, 0.05) is 18.1 Å². The van der Waals surface area contributed by atoms with Gasteiger partial charge in [-0.3, -0.25) is 4.72 Å². The Morgan fingerprint density at radius 1 is 1.33 bits per heavy atom. The van der Waals surface area contributed by atoms with Gasteiger partial charge in [-0.05, 0) is 18.7 Å². The number of sulfonamides is 1. The molecule has 0 aliphatic carbocycles. The first-order valence-electron chi connectivity index (χ1n) is 5.28. The molecule has 0 amide bonds. The summed E-state index contributed by atoms with van der Waals surface area (Å²) in [5.74, 6) is 0. The van der Waals surface area contributed by atoms with Crippen LogP contribution in [0.3, 0.4) is 0 Å². The maximum absolute atomic E-state index is 12.2. The number of aromatic nitrogens is 1. The summed E-state index contributed by atoms with van der Waals surface area (Å²) < 4.78 is 26.9. The van der Waals surface area contributed by atoms with Gasteiger partial charge in [-0.25, -0.2) is 13.4 Å². The van der Waals surface area contributed by atoms with E-state index in [0.717, 1.165) is 5.56 Å². The maximum Gasteiger partial charge on any atom is 0.263 e. The third-order valence-electron chi connectivity index (χ3n) is 2.28. The van der Waals surface area contributed by atoms with Gasteiger partial charge in [-0.15, -0.1) is 11.3 Å². The number of hydrogen-bond donors (Lipinski definition) is 2. The van der Waals surface area contributed by atoms with Gasteiger partial charge in [0.25, 0.3) is 10.0 Å². The lowest BCUT2D eigenvalue weighted by Gasteiger charge is -2.10. The van der Waals surface area contributed by atoms with E-state index in [1.165, 1.54) is 11.3 Å². The molecular weight excluding hydrogens is 270 g/mol. The maximum atomic E-state index is 12.2. The number of thiazole rings is 1. The van der Waals surface area contributed by atoms with Gasteiger partial charge in [-0.2, -0.15) is 0 Å². The van der Waals surface area contributed by atoms with E-state index in [2.05, 4.69) is 15.0 Å². The number of anilines is 1. The molecule has 0 radical (unpaired) electrons. The summed E-state index contributed by atoms with van der Waals surface area (Å²) in [5.41, 5.74) is 0.726. The van der Waals surface area contributed by atoms with E-state index in [9.17, 15) is 8.42 Å².